The Labute approximate surface area is 106 Å². The van der Waals surface area contributed by atoms with Crippen molar-refractivity contribution in [2.75, 3.05) is 12.4 Å². The van der Waals surface area contributed by atoms with Gasteiger partial charge in [-0.3, -0.25) is 4.79 Å². The monoisotopic (exact) mass is 247 g/mol. The number of carbonyl (C=O) groups is 2. The van der Waals surface area contributed by atoms with Gasteiger partial charge in [0.2, 0.25) is 5.91 Å². The lowest BCUT2D eigenvalue weighted by atomic mass is 10.1. The van der Waals surface area contributed by atoms with Crippen LogP contribution in [-0.4, -0.2) is 19.0 Å². The van der Waals surface area contributed by atoms with Gasteiger partial charge in [-0.25, -0.2) is 4.79 Å². The number of benzene rings is 1. The summed E-state index contributed by atoms with van der Waals surface area (Å²) >= 11 is 0. The number of rotatable bonds is 4. The third-order valence-corrected chi connectivity index (χ3v) is 3.33. The van der Waals surface area contributed by atoms with E-state index in [9.17, 15) is 9.59 Å². The molecule has 4 nitrogen and oxygen atoms in total. The second-order valence-electron chi connectivity index (χ2n) is 4.65. The van der Waals surface area contributed by atoms with Crippen molar-refractivity contribution in [2.24, 2.45) is 11.8 Å². The van der Waals surface area contributed by atoms with E-state index < -0.39 is 5.97 Å². The van der Waals surface area contributed by atoms with Crippen LogP contribution in [0.5, 0.6) is 0 Å². The predicted molar refractivity (Wildman–Crippen MR) is 68.3 cm³/mol. The number of nitrogens with one attached hydrogen (secondary N) is 1. The highest BCUT2D eigenvalue weighted by atomic mass is 16.5. The number of hydrogen-bond acceptors (Lipinski definition) is 3. The number of methoxy groups -OCH3 is 1. The number of ether oxygens (including phenoxy) is 1. The van der Waals surface area contributed by atoms with Crippen molar-refractivity contribution in [1.29, 1.82) is 0 Å². The lowest BCUT2D eigenvalue weighted by molar-refractivity contribution is -0.119. The molecule has 1 saturated carbocycles. The topological polar surface area (TPSA) is 55.4 Å². The van der Waals surface area contributed by atoms with E-state index in [0.717, 1.165) is 12.8 Å². The van der Waals surface area contributed by atoms with Gasteiger partial charge >= 0.3 is 5.97 Å². The van der Waals surface area contributed by atoms with Crippen LogP contribution in [0.4, 0.5) is 5.69 Å². The van der Waals surface area contributed by atoms with E-state index in [1.807, 2.05) is 6.92 Å². The van der Waals surface area contributed by atoms with Crippen molar-refractivity contribution in [3.05, 3.63) is 29.8 Å². The Kier molecular flexibility index (Phi) is 3.65. The van der Waals surface area contributed by atoms with Gasteiger partial charge < -0.3 is 10.1 Å². The molecule has 0 radical (unpaired) electrons. The van der Waals surface area contributed by atoms with Gasteiger partial charge in [0.1, 0.15) is 0 Å². The fourth-order valence-electron chi connectivity index (χ4n) is 1.94. The van der Waals surface area contributed by atoms with Crippen molar-refractivity contribution >= 4 is 17.6 Å². The minimum atomic E-state index is -0.440. The Morgan fingerprint density at radius 3 is 2.61 bits per heavy atom. The van der Waals surface area contributed by atoms with Crippen LogP contribution in [-0.2, 0) is 9.53 Å². The van der Waals surface area contributed by atoms with E-state index in [1.165, 1.54) is 7.11 Å². The number of carbonyl (C=O) groups excluding carboxylic acids is 2. The summed E-state index contributed by atoms with van der Waals surface area (Å²) in [6.45, 7) is 1.92. The molecule has 18 heavy (non-hydrogen) atoms. The molecule has 0 aliphatic heterocycles. The third kappa shape index (κ3) is 2.70. The molecule has 1 fully saturated rings. The van der Waals surface area contributed by atoms with Gasteiger partial charge in [0.25, 0.3) is 0 Å². The van der Waals surface area contributed by atoms with Crippen molar-refractivity contribution in [3.63, 3.8) is 0 Å². The number of esters is 1. The zero-order chi connectivity index (χ0) is 13.1. The summed E-state index contributed by atoms with van der Waals surface area (Å²) in [4.78, 5) is 23.6. The summed E-state index contributed by atoms with van der Waals surface area (Å²) in [6, 6.07) is 6.88. The largest absolute Gasteiger partial charge is 0.465 e. The molecule has 96 valence electrons. The zero-order valence-electron chi connectivity index (χ0n) is 10.6. The van der Waals surface area contributed by atoms with E-state index in [1.54, 1.807) is 24.3 Å². The van der Waals surface area contributed by atoms with Gasteiger partial charge in [-0.2, -0.15) is 0 Å². The lowest BCUT2D eigenvalue weighted by Crippen LogP contribution is -2.23. The summed E-state index contributed by atoms with van der Waals surface area (Å²) in [6.07, 6.45) is 2.24. The quantitative estimate of drug-likeness (QED) is 0.831. The summed E-state index contributed by atoms with van der Waals surface area (Å²) in [5.41, 5.74) is 0.901. The van der Waals surface area contributed by atoms with Gasteiger partial charge in [-0.15, -0.1) is 0 Å². The van der Waals surface area contributed by atoms with Crippen LogP contribution in [0.2, 0.25) is 0 Å². The minimum Gasteiger partial charge on any atom is -0.465 e. The molecule has 4 heteroatoms. The number of para-hydroxylation sites is 1. The molecule has 1 unspecified atom stereocenters. The molecule has 0 spiro atoms. The lowest BCUT2D eigenvalue weighted by Gasteiger charge is -2.13. The maximum Gasteiger partial charge on any atom is 0.339 e. The van der Waals surface area contributed by atoms with E-state index >= 15 is 0 Å². The van der Waals surface area contributed by atoms with Crippen LogP contribution in [0, 0.1) is 11.8 Å². The molecular formula is C14H17NO3. The van der Waals surface area contributed by atoms with Crippen molar-refractivity contribution < 1.29 is 14.3 Å². The number of anilines is 1. The van der Waals surface area contributed by atoms with Gasteiger partial charge in [0.05, 0.1) is 18.4 Å². The molecule has 0 bridgehead atoms. The number of amides is 1. The molecule has 1 atom stereocenters. The van der Waals surface area contributed by atoms with Crippen LogP contribution < -0.4 is 5.32 Å². The van der Waals surface area contributed by atoms with Gasteiger partial charge in [-0.05, 0) is 30.9 Å². The molecule has 0 aromatic heterocycles. The normalized spacial score (nSPS) is 15.9. The van der Waals surface area contributed by atoms with E-state index in [2.05, 4.69) is 10.1 Å². The standard InChI is InChI=1S/C14H17NO3/c1-9(10-7-8-10)13(16)15-12-6-4-3-5-11(12)14(17)18-2/h3-6,9-10H,7-8H2,1-2H3,(H,15,16). The second-order valence-corrected chi connectivity index (χ2v) is 4.65. The van der Waals surface area contributed by atoms with Crippen LogP contribution >= 0.6 is 0 Å². The Morgan fingerprint density at radius 1 is 1.33 bits per heavy atom. The first kappa shape index (κ1) is 12.6. The zero-order valence-corrected chi connectivity index (χ0v) is 10.6. The maximum absolute atomic E-state index is 12.0. The average Bonchev–Trinajstić information content (AvgIpc) is 3.22. The molecule has 1 N–H and O–H groups in total. The molecule has 1 aliphatic rings. The molecule has 0 heterocycles. The summed E-state index contributed by atoms with van der Waals surface area (Å²) in [7, 11) is 1.33. The summed E-state index contributed by atoms with van der Waals surface area (Å²) in [5, 5.41) is 2.81. The molecule has 2 rings (SSSR count). The maximum atomic E-state index is 12.0. The molecule has 1 aromatic carbocycles. The molecule has 1 aliphatic carbocycles. The number of hydrogen-bond donors (Lipinski definition) is 1. The van der Waals surface area contributed by atoms with E-state index in [4.69, 9.17) is 0 Å². The van der Waals surface area contributed by atoms with Gasteiger partial charge in [0.15, 0.2) is 0 Å². The Morgan fingerprint density at radius 2 is 2.00 bits per heavy atom. The molecule has 1 amide bonds. The Bertz CT molecular complexity index is 466. The molecule has 0 saturated heterocycles. The highest BCUT2D eigenvalue weighted by Gasteiger charge is 2.32. The van der Waals surface area contributed by atoms with Crippen LogP contribution in [0.1, 0.15) is 30.1 Å². The smallest absolute Gasteiger partial charge is 0.339 e. The first-order valence-corrected chi connectivity index (χ1v) is 6.11. The van der Waals surface area contributed by atoms with E-state index in [-0.39, 0.29) is 11.8 Å². The SMILES string of the molecule is COC(=O)c1ccccc1NC(=O)C(C)C1CC1. The van der Waals surface area contributed by atoms with Crippen molar-refractivity contribution in [2.45, 2.75) is 19.8 Å². The van der Waals surface area contributed by atoms with Crippen LogP contribution in [0.3, 0.4) is 0 Å². The molecular weight excluding hydrogens is 230 g/mol. The highest BCUT2D eigenvalue weighted by Crippen LogP contribution is 2.37. The predicted octanol–water partition coefficient (Wildman–Crippen LogP) is 2.46. The molecule has 1 aromatic rings. The minimum absolute atomic E-state index is 0.00398. The van der Waals surface area contributed by atoms with Crippen molar-refractivity contribution in [3.8, 4) is 0 Å². The fraction of sp³-hybridized carbons (Fsp3) is 0.429. The fourth-order valence-corrected chi connectivity index (χ4v) is 1.94. The highest BCUT2D eigenvalue weighted by molar-refractivity contribution is 6.01. The van der Waals surface area contributed by atoms with Gasteiger partial charge in [0, 0.05) is 5.92 Å². The first-order valence-electron chi connectivity index (χ1n) is 6.11. The Hall–Kier alpha value is -1.84. The Balaban J connectivity index is 2.12. The third-order valence-electron chi connectivity index (χ3n) is 3.33. The first-order chi connectivity index (χ1) is 8.63. The second kappa shape index (κ2) is 5.21. The summed E-state index contributed by atoms with van der Waals surface area (Å²) < 4.78 is 4.69. The average molecular weight is 247 g/mol. The van der Waals surface area contributed by atoms with Gasteiger partial charge in [-0.1, -0.05) is 19.1 Å². The van der Waals surface area contributed by atoms with Crippen LogP contribution in [0.25, 0.3) is 0 Å². The van der Waals surface area contributed by atoms with E-state index in [0.29, 0.717) is 17.2 Å². The van der Waals surface area contributed by atoms with Crippen LogP contribution in [0.15, 0.2) is 24.3 Å². The summed E-state index contributed by atoms with van der Waals surface area (Å²) in [5.74, 6) is 0.0184. The van der Waals surface area contributed by atoms with Crippen molar-refractivity contribution in [1.82, 2.24) is 0 Å².